The van der Waals surface area contributed by atoms with E-state index in [-0.39, 0.29) is 0 Å². The Labute approximate surface area is 108 Å². The third-order valence-electron chi connectivity index (χ3n) is 3.84. The Bertz CT molecular complexity index is 409. The van der Waals surface area contributed by atoms with Crippen LogP contribution in [0.3, 0.4) is 0 Å². The summed E-state index contributed by atoms with van der Waals surface area (Å²) in [6.07, 6.45) is 4.96. The van der Waals surface area contributed by atoms with Crippen LogP contribution in [0.25, 0.3) is 0 Å². The topological polar surface area (TPSA) is 49.3 Å². The van der Waals surface area contributed by atoms with Crippen LogP contribution in [0.5, 0.6) is 0 Å². The molecule has 0 bridgehead atoms. The monoisotopic (exact) mass is 247 g/mol. The summed E-state index contributed by atoms with van der Waals surface area (Å²) >= 11 is 0. The van der Waals surface area contributed by atoms with Gasteiger partial charge in [-0.25, -0.2) is 4.79 Å². The van der Waals surface area contributed by atoms with Crippen LogP contribution < -0.4 is 5.32 Å². The zero-order chi connectivity index (χ0) is 13.0. The van der Waals surface area contributed by atoms with Gasteiger partial charge in [-0.1, -0.05) is 25.1 Å². The molecule has 1 aromatic carbocycles. The Balaban J connectivity index is 1.92. The molecule has 0 aromatic heterocycles. The first-order valence-electron chi connectivity index (χ1n) is 6.71. The smallest absolute Gasteiger partial charge is 0.336 e. The molecule has 3 nitrogen and oxygen atoms in total. The van der Waals surface area contributed by atoms with Crippen molar-refractivity contribution >= 4 is 5.97 Å². The molecule has 0 aliphatic heterocycles. The lowest BCUT2D eigenvalue weighted by atomic mass is 9.87. The minimum absolute atomic E-state index is 0.411. The van der Waals surface area contributed by atoms with Crippen LogP contribution in [0, 0.1) is 5.92 Å². The molecular formula is C15H21NO2. The van der Waals surface area contributed by atoms with Gasteiger partial charge in [-0.15, -0.1) is 0 Å². The number of carboxylic acid groups (broad SMARTS) is 1. The molecule has 2 N–H and O–H groups in total. The van der Waals surface area contributed by atoms with Gasteiger partial charge < -0.3 is 10.4 Å². The maximum Gasteiger partial charge on any atom is 0.336 e. The summed E-state index contributed by atoms with van der Waals surface area (Å²) < 4.78 is 0. The van der Waals surface area contributed by atoms with E-state index in [1.54, 1.807) is 12.1 Å². The van der Waals surface area contributed by atoms with Gasteiger partial charge in [-0.2, -0.15) is 0 Å². The van der Waals surface area contributed by atoms with Crippen LogP contribution in [-0.2, 0) is 6.54 Å². The summed E-state index contributed by atoms with van der Waals surface area (Å²) in [5.74, 6) is -0.000905. The maximum atomic E-state index is 11.1. The van der Waals surface area contributed by atoms with Crippen molar-refractivity contribution in [2.24, 2.45) is 5.92 Å². The van der Waals surface area contributed by atoms with E-state index in [1.807, 2.05) is 12.1 Å². The Morgan fingerprint density at radius 2 is 1.94 bits per heavy atom. The van der Waals surface area contributed by atoms with Crippen molar-refractivity contribution in [1.29, 1.82) is 0 Å². The highest BCUT2D eigenvalue weighted by Crippen LogP contribution is 2.23. The number of benzene rings is 1. The van der Waals surface area contributed by atoms with Crippen LogP contribution in [0.1, 0.15) is 48.5 Å². The number of nitrogens with one attached hydrogen (secondary N) is 1. The van der Waals surface area contributed by atoms with Crippen LogP contribution in [-0.4, -0.2) is 17.1 Å². The minimum Gasteiger partial charge on any atom is -0.478 e. The van der Waals surface area contributed by atoms with Gasteiger partial charge in [0.2, 0.25) is 0 Å². The number of hydrogen-bond donors (Lipinski definition) is 2. The molecule has 1 fully saturated rings. The quantitative estimate of drug-likeness (QED) is 0.859. The Hall–Kier alpha value is -1.35. The Kier molecular flexibility index (Phi) is 4.37. The maximum absolute atomic E-state index is 11.1. The number of hydrogen-bond acceptors (Lipinski definition) is 2. The van der Waals surface area contributed by atoms with E-state index < -0.39 is 5.97 Å². The molecular weight excluding hydrogens is 226 g/mol. The van der Waals surface area contributed by atoms with Crippen LogP contribution in [0.2, 0.25) is 0 Å². The van der Waals surface area contributed by atoms with Gasteiger partial charge in [0.15, 0.2) is 0 Å². The molecule has 0 unspecified atom stereocenters. The lowest BCUT2D eigenvalue weighted by Crippen LogP contribution is -2.32. The number of rotatable bonds is 4. The van der Waals surface area contributed by atoms with Crippen molar-refractivity contribution in [2.45, 2.75) is 45.2 Å². The van der Waals surface area contributed by atoms with Gasteiger partial charge in [0.25, 0.3) is 0 Å². The van der Waals surface area contributed by atoms with Crippen molar-refractivity contribution in [1.82, 2.24) is 5.32 Å². The molecule has 0 spiro atoms. The van der Waals surface area contributed by atoms with E-state index >= 15 is 0 Å². The molecule has 2 rings (SSSR count). The largest absolute Gasteiger partial charge is 0.478 e. The minimum atomic E-state index is -0.843. The van der Waals surface area contributed by atoms with Crippen molar-refractivity contribution in [3.63, 3.8) is 0 Å². The van der Waals surface area contributed by atoms with Gasteiger partial charge in [0, 0.05) is 12.6 Å². The van der Waals surface area contributed by atoms with Gasteiger partial charge in [-0.05, 0) is 43.2 Å². The standard InChI is InChI=1S/C15H21NO2/c1-11-6-8-13(9-7-11)16-10-12-4-2-3-5-14(12)15(17)18/h2-5,11,13,16H,6-10H2,1H3,(H,17,18). The fourth-order valence-electron chi connectivity index (χ4n) is 2.60. The number of aromatic carboxylic acids is 1. The highest BCUT2D eigenvalue weighted by molar-refractivity contribution is 5.89. The second-order valence-electron chi connectivity index (χ2n) is 5.30. The molecule has 1 saturated carbocycles. The van der Waals surface area contributed by atoms with Gasteiger partial charge in [0.05, 0.1) is 5.56 Å². The van der Waals surface area contributed by atoms with E-state index in [2.05, 4.69) is 12.2 Å². The van der Waals surface area contributed by atoms with E-state index in [4.69, 9.17) is 5.11 Å². The lowest BCUT2D eigenvalue weighted by molar-refractivity contribution is 0.0695. The van der Waals surface area contributed by atoms with E-state index in [0.717, 1.165) is 11.5 Å². The van der Waals surface area contributed by atoms with Crippen LogP contribution in [0.4, 0.5) is 0 Å². The molecule has 0 amide bonds. The molecule has 0 saturated heterocycles. The molecule has 18 heavy (non-hydrogen) atoms. The highest BCUT2D eigenvalue weighted by Gasteiger charge is 2.18. The van der Waals surface area contributed by atoms with Crippen molar-refractivity contribution in [3.8, 4) is 0 Å². The molecule has 0 heterocycles. The van der Waals surface area contributed by atoms with Gasteiger partial charge >= 0.3 is 5.97 Å². The van der Waals surface area contributed by atoms with Crippen molar-refractivity contribution in [3.05, 3.63) is 35.4 Å². The van der Waals surface area contributed by atoms with Crippen LogP contribution in [0.15, 0.2) is 24.3 Å². The fourth-order valence-corrected chi connectivity index (χ4v) is 2.60. The summed E-state index contributed by atoms with van der Waals surface area (Å²) in [6, 6.07) is 7.77. The van der Waals surface area contributed by atoms with Crippen molar-refractivity contribution < 1.29 is 9.90 Å². The third-order valence-corrected chi connectivity index (χ3v) is 3.84. The summed E-state index contributed by atoms with van der Waals surface area (Å²) in [7, 11) is 0. The Morgan fingerprint density at radius 3 is 2.61 bits per heavy atom. The first-order chi connectivity index (χ1) is 8.66. The van der Waals surface area contributed by atoms with Gasteiger partial charge in [0.1, 0.15) is 0 Å². The molecule has 0 radical (unpaired) electrons. The average Bonchev–Trinajstić information content (AvgIpc) is 2.38. The van der Waals surface area contributed by atoms with Gasteiger partial charge in [-0.3, -0.25) is 0 Å². The molecule has 1 aliphatic rings. The lowest BCUT2D eigenvalue weighted by Gasteiger charge is -2.27. The molecule has 1 aliphatic carbocycles. The molecule has 98 valence electrons. The number of carboxylic acids is 1. The zero-order valence-electron chi connectivity index (χ0n) is 10.9. The normalized spacial score (nSPS) is 23.8. The Morgan fingerprint density at radius 1 is 1.28 bits per heavy atom. The fraction of sp³-hybridized carbons (Fsp3) is 0.533. The summed E-state index contributed by atoms with van der Waals surface area (Å²) in [5.41, 5.74) is 1.29. The highest BCUT2D eigenvalue weighted by atomic mass is 16.4. The first-order valence-corrected chi connectivity index (χ1v) is 6.71. The van der Waals surface area contributed by atoms with E-state index in [1.165, 1.54) is 25.7 Å². The zero-order valence-corrected chi connectivity index (χ0v) is 10.9. The first kappa shape index (κ1) is 13.1. The second-order valence-corrected chi connectivity index (χ2v) is 5.30. The van der Waals surface area contributed by atoms with E-state index in [9.17, 15) is 4.79 Å². The second kappa shape index (κ2) is 6.01. The van der Waals surface area contributed by atoms with Crippen LogP contribution >= 0.6 is 0 Å². The molecule has 1 aromatic rings. The third kappa shape index (κ3) is 3.33. The molecule has 0 atom stereocenters. The predicted molar refractivity (Wildman–Crippen MR) is 71.7 cm³/mol. The summed E-state index contributed by atoms with van der Waals surface area (Å²) in [5, 5.41) is 12.6. The summed E-state index contributed by atoms with van der Waals surface area (Å²) in [6.45, 7) is 2.96. The van der Waals surface area contributed by atoms with E-state index in [0.29, 0.717) is 18.2 Å². The summed E-state index contributed by atoms with van der Waals surface area (Å²) in [4.78, 5) is 11.1. The predicted octanol–water partition coefficient (Wildman–Crippen LogP) is 3.05. The number of carbonyl (C=O) groups is 1. The molecule has 3 heteroatoms. The average molecular weight is 247 g/mol. The SMILES string of the molecule is CC1CCC(NCc2ccccc2C(=O)O)CC1. The van der Waals surface area contributed by atoms with Crippen molar-refractivity contribution in [2.75, 3.05) is 0 Å².